The summed E-state index contributed by atoms with van der Waals surface area (Å²) >= 11 is 2.94. The van der Waals surface area contributed by atoms with Crippen molar-refractivity contribution in [3.8, 4) is 0 Å². The Hall–Kier alpha value is -1.40. The summed E-state index contributed by atoms with van der Waals surface area (Å²) in [5, 5.41) is 4.73. The molecule has 6 heteroatoms. The Bertz CT molecular complexity index is 613. The number of carbonyl (C=O) groups is 1. The van der Waals surface area contributed by atoms with Crippen molar-refractivity contribution < 1.29 is 9.18 Å². The first-order valence-corrected chi connectivity index (χ1v) is 7.98. The summed E-state index contributed by atoms with van der Waals surface area (Å²) in [4.78, 5) is 16.0. The van der Waals surface area contributed by atoms with E-state index in [1.54, 1.807) is 13.0 Å². The van der Waals surface area contributed by atoms with Gasteiger partial charge >= 0.3 is 0 Å². The zero-order valence-electron chi connectivity index (χ0n) is 11.3. The van der Waals surface area contributed by atoms with Gasteiger partial charge in [0.15, 0.2) is 4.34 Å². The Morgan fingerprint density at radius 2 is 2.25 bits per heavy atom. The lowest BCUT2D eigenvalue weighted by atomic mass is 10.1. The van der Waals surface area contributed by atoms with Crippen LogP contribution in [0, 0.1) is 19.7 Å². The Balaban J connectivity index is 1.78. The number of hydrogen-bond acceptors (Lipinski definition) is 4. The highest BCUT2D eigenvalue weighted by Crippen LogP contribution is 2.21. The van der Waals surface area contributed by atoms with Gasteiger partial charge < -0.3 is 5.32 Å². The number of carbonyl (C=O) groups excluding carboxylic acids is 1. The van der Waals surface area contributed by atoms with E-state index in [1.807, 2.05) is 18.4 Å². The van der Waals surface area contributed by atoms with Gasteiger partial charge in [-0.25, -0.2) is 9.37 Å². The summed E-state index contributed by atoms with van der Waals surface area (Å²) < 4.78 is 14.2. The SMILES string of the molecule is Cc1csc(SCC(=O)NCc2ccc(C)c(F)c2)n1. The molecule has 0 spiro atoms. The molecule has 0 aliphatic carbocycles. The molecule has 0 fully saturated rings. The van der Waals surface area contributed by atoms with Crippen molar-refractivity contribution in [1.29, 1.82) is 0 Å². The van der Waals surface area contributed by atoms with Gasteiger partial charge in [-0.1, -0.05) is 23.9 Å². The highest BCUT2D eigenvalue weighted by atomic mass is 32.2. The van der Waals surface area contributed by atoms with Crippen LogP contribution in [0.15, 0.2) is 27.9 Å². The number of halogens is 1. The molecule has 1 aromatic carbocycles. The number of aryl methyl sites for hydroxylation is 2. The maximum Gasteiger partial charge on any atom is 0.230 e. The van der Waals surface area contributed by atoms with E-state index in [0.717, 1.165) is 15.6 Å². The van der Waals surface area contributed by atoms with Crippen molar-refractivity contribution in [3.63, 3.8) is 0 Å². The van der Waals surface area contributed by atoms with Gasteiger partial charge in [0.1, 0.15) is 5.82 Å². The summed E-state index contributed by atoms with van der Waals surface area (Å²) in [6, 6.07) is 4.98. The Kier molecular flexibility index (Phi) is 5.14. The summed E-state index contributed by atoms with van der Waals surface area (Å²) in [6.07, 6.45) is 0. The summed E-state index contributed by atoms with van der Waals surface area (Å²) in [6.45, 7) is 3.98. The molecule has 0 atom stereocenters. The molecular weight excluding hydrogens is 295 g/mol. The van der Waals surface area contributed by atoms with Crippen LogP contribution in [0.5, 0.6) is 0 Å². The molecule has 0 saturated carbocycles. The van der Waals surface area contributed by atoms with Crippen molar-refractivity contribution in [1.82, 2.24) is 10.3 Å². The number of amides is 1. The molecule has 20 heavy (non-hydrogen) atoms. The zero-order chi connectivity index (χ0) is 14.5. The number of rotatable bonds is 5. The third-order valence-electron chi connectivity index (χ3n) is 2.65. The van der Waals surface area contributed by atoms with Crippen molar-refractivity contribution in [2.75, 3.05) is 5.75 Å². The second-order valence-corrected chi connectivity index (χ2v) is 6.48. The molecule has 0 bridgehead atoms. The maximum atomic E-state index is 13.4. The van der Waals surface area contributed by atoms with E-state index in [1.165, 1.54) is 29.2 Å². The first-order valence-electron chi connectivity index (χ1n) is 6.11. The van der Waals surface area contributed by atoms with Gasteiger partial charge in [-0.2, -0.15) is 0 Å². The van der Waals surface area contributed by atoms with Crippen molar-refractivity contribution in [3.05, 3.63) is 46.2 Å². The van der Waals surface area contributed by atoms with Crippen LogP contribution in [0.4, 0.5) is 4.39 Å². The number of thiazole rings is 1. The minimum absolute atomic E-state index is 0.0798. The molecule has 0 saturated heterocycles. The molecule has 106 valence electrons. The average Bonchev–Trinajstić information content (AvgIpc) is 2.83. The molecule has 1 N–H and O–H groups in total. The molecule has 2 aromatic rings. The van der Waals surface area contributed by atoms with Gasteiger partial charge in [0.05, 0.1) is 5.75 Å². The van der Waals surface area contributed by atoms with E-state index >= 15 is 0 Å². The second-order valence-electron chi connectivity index (χ2n) is 4.40. The molecule has 0 aliphatic heterocycles. The highest BCUT2D eigenvalue weighted by molar-refractivity contribution is 8.01. The van der Waals surface area contributed by atoms with Gasteiger partial charge in [0, 0.05) is 17.6 Å². The van der Waals surface area contributed by atoms with E-state index in [0.29, 0.717) is 17.9 Å². The van der Waals surface area contributed by atoms with Gasteiger partial charge in [-0.3, -0.25) is 4.79 Å². The van der Waals surface area contributed by atoms with Crippen molar-refractivity contribution in [2.24, 2.45) is 0 Å². The average molecular weight is 310 g/mol. The number of nitrogens with zero attached hydrogens (tertiary/aromatic N) is 1. The van der Waals surface area contributed by atoms with E-state index in [2.05, 4.69) is 10.3 Å². The fourth-order valence-electron chi connectivity index (χ4n) is 1.52. The minimum Gasteiger partial charge on any atom is -0.351 e. The van der Waals surface area contributed by atoms with Gasteiger partial charge in [0.25, 0.3) is 0 Å². The number of thioether (sulfide) groups is 1. The summed E-state index contributed by atoms with van der Waals surface area (Å²) in [5.74, 6) is -0.00499. The monoisotopic (exact) mass is 310 g/mol. The van der Waals surface area contributed by atoms with E-state index < -0.39 is 0 Å². The molecular formula is C14H15FN2OS2. The van der Waals surface area contributed by atoms with Crippen LogP contribution in [0.3, 0.4) is 0 Å². The maximum absolute atomic E-state index is 13.4. The van der Waals surface area contributed by atoms with Gasteiger partial charge in [-0.15, -0.1) is 11.3 Å². The number of aromatic nitrogens is 1. The number of nitrogens with one attached hydrogen (secondary N) is 1. The fourth-order valence-corrected chi connectivity index (χ4v) is 3.20. The van der Waals surface area contributed by atoms with Crippen LogP contribution >= 0.6 is 23.1 Å². The molecule has 0 unspecified atom stereocenters. The van der Waals surface area contributed by atoms with Crippen molar-refractivity contribution in [2.45, 2.75) is 24.7 Å². The smallest absolute Gasteiger partial charge is 0.230 e. The lowest BCUT2D eigenvalue weighted by Gasteiger charge is -2.05. The molecule has 0 radical (unpaired) electrons. The molecule has 1 aromatic heterocycles. The van der Waals surface area contributed by atoms with Crippen LogP contribution < -0.4 is 5.32 Å². The lowest BCUT2D eigenvalue weighted by Crippen LogP contribution is -2.24. The quantitative estimate of drug-likeness (QED) is 0.862. The lowest BCUT2D eigenvalue weighted by molar-refractivity contribution is -0.118. The fraction of sp³-hybridized carbons (Fsp3) is 0.286. The number of benzene rings is 1. The number of hydrogen-bond donors (Lipinski definition) is 1. The molecule has 2 rings (SSSR count). The van der Waals surface area contributed by atoms with E-state index in [4.69, 9.17) is 0 Å². The van der Waals surface area contributed by atoms with E-state index in [-0.39, 0.29) is 11.7 Å². The Morgan fingerprint density at radius 1 is 1.45 bits per heavy atom. The van der Waals surface area contributed by atoms with Crippen LogP contribution in [0.2, 0.25) is 0 Å². The van der Waals surface area contributed by atoms with Crippen LogP contribution in [0.1, 0.15) is 16.8 Å². The molecule has 1 heterocycles. The normalized spacial score (nSPS) is 10.6. The molecule has 1 amide bonds. The van der Waals surface area contributed by atoms with E-state index in [9.17, 15) is 9.18 Å². The predicted octanol–water partition coefficient (Wildman–Crippen LogP) is 3.31. The topological polar surface area (TPSA) is 42.0 Å². The molecule has 3 nitrogen and oxygen atoms in total. The van der Waals surface area contributed by atoms with Gasteiger partial charge in [-0.05, 0) is 31.0 Å². The first kappa shape index (κ1) is 15.0. The summed E-state index contributed by atoms with van der Waals surface area (Å²) in [5.41, 5.74) is 2.33. The van der Waals surface area contributed by atoms with Gasteiger partial charge in [0.2, 0.25) is 5.91 Å². The zero-order valence-corrected chi connectivity index (χ0v) is 12.9. The third kappa shape index (κ3) is 4.31. The van der Waals surface area contributed by atoms with Crippen molar-refractivity contribution >= 4 is 29.0 Å². The first-order chi connectivity index (χ1) is 9.54. The highest BCUT2D eigenvalue weighted by Gasteiger charge is 2.06. The predicted molar refractivity (Wildman–Crippen MR) is 80.6 cm³/mol. The Morgan fingerprint density at radius 3 is 2.90 bits per heavy atom. The van der Waals surface area contributed by atoms with Crippen LogP contribution in [-0.2, 0) is 11.3 Å². The largest absolute Gasteiger partial charge is 0.351 e. The standard InChI is InChI=1S/C14H15FN2OS2/c1-9-3-4-11(5-12(9)15)6-16-13(18)8-20-14-17-10(2)7-19-14/h3-5,7H,6,8H2,1-2H3,(H,16,18). The third-order valence-corrected chi connectivity index (χ3v) is 4.79. The Labute approximate surface area is 125 Å². The van der Waals surface area contributed by atoms with Crippen LogP contribution in [0.25, 0.3) is 0 Å². The minimum atomic E-state index is -0.246. The van der Waals surface area contributed by atoms with Crippen LogP contribution in [-0.4, -0.2) is 16.6 Å². The second kappa shape index (κ2) is 6.85. The molecule has 0 aliphatic rings. The summed E-state index contributed by atoms with van der Waals surface area (Å²) in [7, 11) is 0.